The van der Waals surface area contributed by atoms with Gasteiger partial charge in [-0.1, -0.05) is 23.7 Å². The van der Waals surface area contributed by atoms with Gasteiger partial charge in [-0.25, -0.2) is 12.7 Å². The summed E-state index contributed by atoms with van der Waals surface area (Å²) in [6.07, 6.45) is 0. The van der Waals surface area contributed by atoms with Crippen LogP contribution in [0.15, 0.2) is 52.3 Å². The van der Waals surface area contributed by atoms with Crippen LogP contribution in [-0.4, -0.2) is 51.6 Å². The third kappa shape index (κ3) is 4.40. The van der Waals surface area contributed by atoms with Crippen LogP contribution in [0.5, 0.6) is 0 Å². The molecule has 0 unspecified atom stereocenters. The number of fused-ring (bicyclic) bond motifs is 1. The summed E-state index contributed by atoms with van der Waals surface area (Å²) in [5.41, 5.74) is 1.43. The summed E-state index contributed by atoms with van der Waals surface area (Å²) in [7, 11) is -0.830. The largest absolute Gasteiger partial charge is 0.360 e. The number of rotatable bonds is 5. The van der Waals surface area contributed by atoms with Crippen molar-refractivity contribution in [3.8, 4) is 0 Å². The van der Waals surface area contributed by atoms with Gasteiger partial charge in [-0.05, 0) is 30.3 Å². The van der Waals surface area contributed by atoms with Crippen molar-refractivity contribution in [2.75, 3.05) is 43.2 Å². The number of sulfonamides is 1. The van der Waals surface area contributed by atoms with Gasteiger partial charge in [0.2, 0.25) is 15.9 Å². The molecule has 1 heterocycles. The number of halogens is 1. The van der Waals surface area contributed by atoms with Gasteiger partial charge in [0.1, 0.15) is 4.90 Å². The van der Waals surface area contributed by atoms with E-state index in [9.17, 15) is 13.2 Å². The minimum absolute atomic E-state index is 0.0355. The molecule has 1 aliphatic heterocycles. The van der Waals surface area contributed by atoms with Gasteiger partial charge in [0.15, 0.2) is 0 Å². The van der Waals surface area contributed by atoms with E-state index in [1.165, 1.54) is 26.2 Å². The zero-order chi connectivity index (χ0) is 19.6. The van der Waals surface area contributed by atoms with Crippen LogP contribution in [0.4, 0.5) is 11.4 Å². The van der Waals surface area contributed by atoms with Crippen LogP contribution in [0.2, 0.25) is 5.02 Å². The highest BCUT2D eigenvalue weighted by Crippen LogP contribution is 2.34. The van der Waals surface area contributed by atoms with Crippen LogP contribution in [-0.2, 0) is 14.8 Å². The molecular formula is C18H20ClN3O3S2. The van der Waals surface area contributed by atoms with Crippen molar-refractivity contribution in [2.24, 2.45) is 0 Å². The summed E-state index contributed by atoms with van der Waals surface area (Å²) in [4.78, 5) is 15.7. The molecule has 2 aromatic rings. The Morgan fingerprint density at radius 3 is 2.74 bits per heavy atom. The first kappa shape index (κ1) is 20.0. The van der Waals surface area contributed by atoms with E-state index in [0.717, 1.165) is 27.2 Å². The van der Waals surface area contributed by atoms with Gasteiger partial charge in [-0.15, -0.1) is 11.8 Å². The summed E-state index contributed by atoms with van der Waals surface area (Å²) in [5.74, 6) is 0.698. The van der Waals surface area contributed by atoms with E-state index in [-0.39, 0.29) is 22.4 Å². The SMILES string of the molecule is CN(C)S(=O)(=O)c1cc(NC(=O)CN2CCSc3ccccc32)ccc1Cl. The molecule has 0 atom stereocenters. The van der Waals surface area contributed by atoms with Crippen LogP contribution < -0.4 is 10.2 Å². The first-order valence-corrected chi connectivity index (χ1v) is 11.1. The lowest BCUT2D eigenvalue weighted by Crippen LogP contribution is -2.36. The van der Waals surface area contributed by atoms with Gasteiger partial charge < -0.3 is 10.2 Å². The van der Waals surface area contributed by atoms with E-state index in [1.54, 1.807) is 17.8 Å². The number of carbonyl (C=O) groups is 1. The second kappa shape index (κ2) is 8.10. The minimum atomic E-state index is -3.70. The first-order valence-electron chi connectivity index (χ1n) is 8.28. The van der Waals surface area contributed by atoms with Gasteiger partial charge in [-0.2, -0.15) is 0 Å². The Balaban J connectivity index is 1.76. The molecule has 27 heavy (non-hydrogen) atoms. The maximum absolute atomic E-state index is 12.5. The molecule has 0 aromatic heterocycles. The Morgan fingerprint density at radius 1 is 1.26 bits per heavy atom. The second-order valence-corrected chi connectivity index (χ2v) is 9.88. The van der Waals surface area contributed by atoms with Crippen molar-refractivity contribution in [3.63, 3.8) is 0 Å². The molecule has 1 aliphatic rings. The maximum atomic E-state index is 12.5. The average molecular weight is 426 g/mol. The fourth-order valence-corrected chi connectivity index (χ4v) is 5.19. The van der Waals surface area contributed by atoms with E-state index in [1.807, 2.05) is 29.2 Å². The zero-order valence-corrected chi connectivity index (χ0v) is 17.4. The highest BCUT2D eigenvalue weighted by Gasteiger charge is 2.22. The number of hydrogen-bond acceptors (Lipinski definition) is 5. The van der Waals surface area contributed by atoms with Gasteiger partial charge in [0, 0.05) is 37.0 Å². The third-order valence-corrected chi connectivity index (χ3v) is 7.47. The summed E-state index contributed by atoms with van der Waals surface area (Å²) in [6, 6.07) is 12.4. The predicted molar refractivity (Wildman–Crippen MR) is 110 cm³/mol. The fourth-order valence-electron chi connectivity index (χ4n) is 2.74. The molecule has 3 rings (SSSR count). The zero-order valence-electron chi connectivity index (χ0n) is 15.0. The number of thioether (sulfide) groups is 1. The van der Waals surface area contributed by atoms with Crippen LogP contribution in [0.1, 0.15) is 0 Å². The molecule has 1 amide bonds. The number of nitrogens with one attached hydrogen (secondary N) is 1. The highest BCUT2D eigenvalue weighted by molar-refractivity contribution is 7.99. The normalized spacial score (nSPS) is 14.1. The van der Waals surface area contributed by atoms with E-state index < -0.39 is 10.0 Å². The van der Waals surface area contributed by atoms with Gasteiger partial charge in [0.05, 0.1) is 17.3 Å². The molecular weight excluding hydrogens is 406 g/mol. The Hall–Kier alpha value is -1.74. The van der Waals surface area contributed by atoms with Crippen LogP contribution in [0, 0.1) is 0 Å². The molecule has 0 fully saturated rings. The smallest absolute Gasteiger partial charge is 0.244 e. The Bertz CT molecular complexity index is 964. The molecule has 0 saturated carbocycles. The van der Waals surface area contributed by atoms with Gasteiger partial charge in [-0.3, -0.25) is 4.79 Å². The Morgan fingerprint density at radius 2 is 2.00 bits per heavy atom. The second-order valence-electron chi connectivity index (χ2n) is 6.22. The standard InChI is InChI=1S/C18H20ClN3O3S2/c1-21(2)27(24,25)17-11-13(7-8-14(17)19)20-18(23)12-22-9-10-26-16-6-4-3-5-15(16)22/h3-8,11H,9-10,12H2,1-2H3,(H,20,23). The van der Waals surface area contributed by atoms with Crippen LogP contribution >= 0.6 is 23.4 Å². The van der Waals surface area contributed by atoms with E-state index in [0.29, 0.717) is 5.69 Å². The molecule has 144 valence electrons. The van der Waals surface area contributed by atoms with Crippen LogP contribution in [0.25, 0.3) is 0 Å². The van der Waals surface area contributed by atoms with E-state index in [4.69, 9.17) is 11.6 Å². The molecule has 0 bridgehead atoms. The summed E-state index contributed by atoms with van der Waals surface area (Å²) >= 11 is 7.82. The van der Waals surface area contributed by atoms with Gasteiger partial charge in [0.25, 0.3) is 0 Å². The van der Waals surface area contributed by atoms with Gasteiger partial charge >= 0.3 is 0 Å². The van der Waals surface area contributed by atoms with Crippen molar-refractivity contribution < 1.29 is 13.2 Å². The quantitative estimate of drug-likeness (QED) is 0.796. The molecule has 0 radical (unpaired) electrons. The molecule has 6 nitrogen and oxygen atoms in total. The number of benzene rings is 2. The predicted octanol–water partition coefficient (Wildman–Crippen LogP) is 3.14. The Labute approximate surface area is 168 Å². The molecule has 0 aliphatic carbocycles. The lowest BCUT2D eigenvalue weighted by molar-refractivity contribution is -0.115. The number of hydrogen-bond donors (Lipinski definition) is 1. The van der Waals surface area contributed by atoms with E-state index in [2.05, 4.69) is 5.32 Å². The first-order chi connectivity index (χ1) is 12.8. The maximum Gasteiger partial charge on any atom is 0.244 e. The lowest BCUT2D eigenvalue weighted by atomic mass is 10.2. The van der Waals surface area contributed by atoms with Crippen molar-refractivity contribution in [1.82, 2.24) is 4.31 Å². The number of nitrogens with zero attached hydrogens (tertiary/aromatic N) is 2. The summed E-state index contributed by atoms with van der Waals surface area (Å²) < 4.78 is 25.8. The number of para-hydroxylation sites is 1. The number of amides is 1. The Kier molecular flexibility index (Phi) is 6.00. The number of carbonyl (C=O) groups excluding carboxylic acids is 1. The molecule has 0 saturated heterocycles. The molecule has 0 spiro atoms. The third-order valence-electron chi connectivity index (χ3n) is 4.13. The van der Waals surface area contributed by atoms with Crippen molar-refractivity contribution in [3.05, 3.63) is 47.5 Å². The summed E-state index contributed by atoms with van der Waals surface area (Å²) in [6.45, 7) is 0.964. The van der Waals surface area contributed by atoms with Crippen molar-refractivity contribution in [1.29, 1.82) is 0 Å². The highest BCUT2D eigenvalue weighted by atomic mass is 35.5. The van der Waals surface area contributed by atoms with Crippen molar-refractivity contribution >= 4 is 50.7 Å². The minimum Gasteiger partial charge on any atom is -0.360 e. The fraction of sp³-hybridized carbons (Fsp3) is 0.278. The molecule has 1 N–H and O–H groups in total. The topological polar surface area (TPSA) is 69.7 Å². The molecule has 9 heteroatoms. The summed E-state index contributed by atoms with van der Waals surface area (Å²) in [5, 5.41) is 2.88. The monoisotopic (exact) mass is 425 g/mol. The van der Waals surface area contributed by atoms with E-state index >= 15 is 0 Å². The molecule has 2 aromatic carbocycles. The number of anilines is 2. The van der Waals surface area contributed by atoms with Crippen molar-refractivity contribution in [2.45, 2.75) is 9.79 Å². The average Bonchev–Trinajstić information content (AvgIpc) is 2.63. The van der Waals surface area contributed by atoms with Crippen LogP contribution in [0.3, 0.4) is 0 Å². The lowest BCUT2D eigenvalue weighted by Gasteiger charge is -2.30.